The molecule has 0 N–H and O–H groups in total. The molecule has 0 aromatic carbocycles. The van der Waals surface area contributed by atoms with Crippen molar-refractivity contribution in [1.82, 2.24) is 0 Å². The number of rotatable bonds is 25. The van der Waals surface area contributed by atoms with Crippen LogP contribution in [0.25, 0.3) is 0 Å². The molecule has 0 saturated heterocycles. The highest BCUT2D eigenvalue weighted by atomic mass is 28.4. The van der Waals surface area contributed by atoms with Gasteiger partial charge in [-0.05, 0) is 13.3 Å². The predicted octanol–water partition coefficient (Wildman–Crippen LogP) is 1.65. The molecule has 0 bridgehead atoms. The molecule has 0 aliphatic carbocycles. The summed E-state index contributed by atoms with van der Waals surface area (Å²) in [5.41, 5.74) is 0. The number of carbonyl (C=O) groups is 1. The highest BCUT2D eigenvalue weighted by molar-refractivity contribution is 6.92. The van der Waals surface area contributed by atoms with Gasteiger partial charge in [-0.3, -0.25) is 4.79 Å². The zero-order valence-corrected chi connectivity index (χ0v) is 21.6. The lowest BCUT2D eigenvalue weighted by molar-refractivity contribution is -0.121. The zero-order valence-electron chi connectivity index (χ0n) is 20.6. The van der Waals surface area contributed by atoms with Crippen molar-refractivity contribution in [3.05, 3.63) is 0 Å². The summed E-state index contributed by atoms with van der Waals surface area (Å²) < 4.78 is 49.5. The Kier molecular flexibility index (Phi) is 22.0. The second kappa shape index (κ2) is 22.3. The minimum absolute atomic E-state index is 0.141. The first-order chi connectivity index (χ1) is 15.6. The van der Waals surface area contributed by atoms with Gasteiger partial charge in [0.25, 0.3) is 0 Å². The van der Waals surface area contributed by atoms with Gasteiger partial charge in [-0.2, -0.15) is 0 Å². The van der Waals surface area contributed by atoms with Gasteiger partial charge in [0.2, 0.25) is 5.41 Å². The highest BCUT2D eigenvalue weighted by Crippen LogP contribution is 2.17. The van der Waals surface area contributed by atoms with Gasteiger partial charge in [0.05, 0.1) is 78.8 Å². The normalized spacial score (nSPS) is 12.9. The molecule has 1 unspecified atom stereocenters. The molecule has 0 spiro atoms. The summed E-state index contributed by atoms with van der Waals surface area (Å²) in [4.78, 5) is 13.1. The van der Waals surface area contributed by atoms with Gasteiger partial charge < -0.3 is 41.7 Å². The summed E-state index contributed by atoms with van der Waals surface area (Å²) in [6.45, 7) is 7.79. The number of methoxy groups -OCH3 is 3. The van der Waals surface area contributed by atoms with E-state index in [4.69, 9.17) is 41.7 Å². The van der Waals surface area contributed by atoms with Crippen LogP contribution in [-0.2, 0) is 46.5 Å². The Morgan fingerprint density at radius 2 is 1.22 bits per heavy atom. The maximum Gasteiger partial charge on any atom is 0.575 e. The minimum Gasteiger partial charge on any atom is -0.382 e. The molecular weight excluding hydrogens is 440 g/mol. The molecule has 10 nitrogen and oxygen atoms in total. The van der Waals surface area contributed by atoms with E-state index in [-0.39, 0.29) is 31.3 Å². The Bertz CT molecular complexity index is 411. The van der Waals surface area contributed by atoms with Crippen LogP contribution < -0.4 is 0 Å². The van der Waals surface area contributed by atoms with Crippen LogP contribution in [0.1, 0.15) is 33.1 Å². The zero-order chi connectivity index (χ0) is 23.9. The molecule has 0 aromatic rings. The third-order valence-corrected chi connectivity index (χ3v) is 6.85. The number of hydrogen-bond donors (Lipinski definition) is 0. The molecule has 1 atom stereocenters. The van der Waals surface area contributed by atoms with Crippen molar-refractivity contribution in [3.8, 4) is 0 Å². The van der Waals surface area contributed by atoms with Crippen molar-refractivity contribution in [2.24, 2.45) is 0 Å². The second-order valence-electron chi connectivity index (χ2n) is 6.98. The number of hydrogen-bond acceptors (Lipinski definition) is 10. The van der Waals surface area contributed by atoms with E-state index < -0.39 is 8.80 Å². The summed E-state index contributed by atoms with van der Waals surface area (Å²) >= 11 is 0. The minimum atomic E-state index is -3.66. The average molecular weight is 485 g/mol. The lowest BCUT2D eigenvalue weighted by Gasteiger charge is -2.29. The fourth-order valence-electron chi connectivity index (χ4n) is 2.42. The van der Waals surface area contributed by atoms with E-state index in [0.29, 0.717) is 59.3 Å². The van der Waals surface area contributed by atoms with Gasteiger partial charge >= 0.3 is 8.80 Å². The van der Waals surface area contributed by atoms with Crippen LogP contribution in [0.2, 0.25) is 0 Å². The van der Waals surface area contributed by atoms with E-state index in [0.717, 1.165) is 12.8 Å². The maximum atomic E-state index is 13.1. The Morgan fingerprint density at radius 1 is 0.719 bits per heavy atom. The monoisotopic (exact) mass is 484 g/mol. The first-order valence-electron chi connectivity index (χ1n) is 11.2. The summed E-state index contributed by atoms with van der Waals surface area (Å²) in [5.74, 6) is 0. The Morgan fingerprint density at radius 3 is 1.72 bits per heavy atom. The van der Waals surface area contributed by atoms with Crippen molar-refractivity contribution in [2.75, 3.05) is 94.0 Å². The van der Waals surface area contributed by atoms with Crippen molar-refractivity contribution >= 4 is 14.2 Å². The molecule has 0 amide bonds. The predicted molar refractivity (Wildman–Crippen MR) is 121 cm³/mol. The van der Waals surface area contributed by atoms with Gasteiger partial charge in [-0.25, -0.2) is 0 Å². The fraction of sp³-hybridized carbons (Fsp3) is 0.952. The standard InChI is InChI=1S/C21H44O10Si/c1-6-7-8-21(22)32(29-17-14-26-12-9-23-3,30-18-15-27-13-10-24-4)31-19-20(2)28-16-11-25-5/h20H,6-19H2,1-5H3. The Hall–Kier alpha value is -0.473. The molecule has 0 heterocycles. The molecule has 0 aliphatic heterocycles. The molecular formula is C21H44O10Si. The van der Waals surface area contributed by atoms with Crippen molar-refractivity contribution in [2.45, 2.75) is 39.2 Å². The van der Waals surface area contributed by atoms with Crippen LogP contribution >= 0.6 is 0 Å². The molecule has 0 aliphatic rings. The molecule has 0 rings (SSSR count). The van der Waals surface area contributed by atoms with Gasteiger partial charge in [-0.15, -0.1) is 0 Å². The highest BCUT2D eigenvalue weighted by Gasteiger charge is 2.50. The number of carbonyl (C=O) groups excluding carboxylic acids is 1. The molecule has 192 valence electrons. The van der Waals surface area contributed by atoms with Crippen LogP contribution in [0.5, 0.6) is 0 Å². The second-order valence-corrected chi connectivity index (χ2v) is 9.51. The first kappa shape index (κ1) is 31.5. The van der Waals surface area contributed by atoms with Crippen LogP contribution in [-0.4, -0.2) is 114 Å². The van der Waals surface area contributed by atoms with E-state index in [1.165, 1.54) is 0 Å². The SMILES string of the molecule is CCCCC(=O)[Si](OCCOCCOC)(OCCOCCOC)OCC(C)OCCOC. The Balaban J connectivity index is 5.04. The lowest BCUT2D eigenvalue weighted by atomic mass is 10.3. The third-order valence-electron chi connectivity index (χ3n) is 4.20. The quantitative estimate of drug-likeness (QED) is 0.140. The van der Waals surface area contributed by atoms with Gasteiger partial charge in [0.15, 0.2) is 0 Å². The van der Waals surface area contributed by atoms with Crippen LogP contribution in [0, 0.1) is 0 Å². The van der Waals surface area contributed by atoms with E-state index >= 15 is 0 Å². The fourth-order valence-corrected chi connectivity index (χ4v) is 4.80. The van der Waals surface area contributed by atoms with E-state index in [9.17, 15) is 4.79 Å². The van der Waals surface area contributed by atoms with Crippen molar-refractivity contribution in [1.29, 1.82) is 0 Å². The smallest absolute Gasteiger partial charge is 0.382 e. The average Bonchev–Trinajstić information content (AvgIpc) is 2.80. The summed E-state index contributed by atoms with van der Waals surface area (Å²) in [5, 5.41) is -0.141. The van der Waals surface area contributed by atoms with Crippen molar-refractivity contribution in [3.63, 3.8) is 0 Å². The van der Waals surface area contributed by atoms with E-state index in [1.807, 2.05) is 13.8 Å². The van der Waals surface area contributed by atoms with Crippen LogP contribution in [0.3, 0.4) is 0 Å². The molecule has 0 aromatic heterocycles. The van der Waals surface area contributed by atoms with Gasteiger partial charge in [0.1, 0.15) is 0 Å². The van der Waals surface area contributed by atoms with Gasteiger partial charge in [0, 0.05) is 27.8 Å². The molecule has 0 saturated carbocycles. The number of unbranched alkanes of at least 4 members (excludes halogenated alkanes) is 1. The maximum absolute atomic E-state index is 13.1. The molecule has 11 heteroatoms. The van der Waals surface area contributed by atoms with Crippen LogP contribution in [0.15, 0.2) is 0 Å². The summed E-state index contributed by atoms with van der Waals surface area (Å²) in [6, 6.07) is 0. The summed E-state index contributed by atoms with van der Waals surface area (Å²) in [7, 11) is 1.17. The molecule has 0 radical (unpaired) electrons. The largest absolute Gasteiger partial charge is 0.575 e. The van der Waals surface area contributed by atoms with Gasteiger partial charge in [-0.1, -0.05) is 13.3 Å². The van der Waals surface area contributed by atoms with Crippen LogP contribution in [0.4, 0.5) is 0 Å². The first-order valence-corrected chi connectivity index (χ1v) is 13.0. The topological polar surface area (TPSA) is 100 Å². The molecule has 32 heavy (non-hydrogen) atoms. The van der Waals surface area contributed by atoms with E-state index in [1.54, 1.807) is 21.3 Å². The van der Waals surface area contributed by atoms with E-state index in [2.05, 4.69) is 0 Å². The third kappa shape index (κ3) is 16.2. The summed E-state index contributed by atoms with van der Waals surface area (Å²) in [6.07, 6.45) is 1.70. The number of ether oxygens (including phenoxy) is 6. The Labute approximate surface area is 194 Å². The lowest BCUT2D eigenvalue weighted by Crippen LogP contribution is -2.56. The molecule has 0 fully saturated rings. The van der Waals surface area contributed by atoms with Crippen molar-refractivity contribution < 1.29 is 46.5 Å².